The highest BCUT2D eigenvalue weighted by Crippen LogP contribution is 2.22. The molecule has 0 spiro atoms. The normalized spacial score (nSPS) is 20.5. The third-order valence-electron chi connectivity index (χ3n) is 4.94. The lowest BCUT2D eigenvalue weighted by Crippen LogP contribution is -2.47. The summed E-state index contributed by atoms with van der Waals surface area (Å²) in [6.45, 7) is 6.11. The Morgan fingerprint density at radius 1 is 1.11 bits per heavy atom. The van der Waals surface area contributed by atoms with Gasteiger partial charge in [-0.3, -0.25) is 24.3 Å². The van der Waals surface area contributed by atoms with Crippen LogP contribution in [0.25, 0.3) is 22.0 Å². The van der Waals surface area contributed by atoms with E-state index in [1.165, 1.54) is 0 Å². The molecule has 4 rings (SSSR count). The molecule has 0 bridgehead atoms. The molecule has 7 nitrogen and oxygen atoms in total. The first-order valence-corrected chi connectivity index (χ1v) is 9.59. The van der Waals surface area contributed by atoms with Crippen molar-refractivity contribution in [2.24, 2.45) is 7.05 Å². The molecule has 146 valence electrons. The van der Waals surface area contributed by atoms with Crippen LogP contribution in [0.4, 0.5) is 0 Å². The van der Waals surface area contributed by atoms with Crippen LogP contribution in [0.15, 0.2) is 36.9 Å². The van der Waals surface area contributed by atoms with Crippen molar-refractivity contribution in [1.82, 2.24) is 24.6 Å². The number of ketones is 1. The van der Waals surface area contributed by atoms with E-state index >= 15 is 0 Å². The fourth-order valence-electron chi connectivity index (χ4n) is 3.82. The minimum atomic E-state index is 0.160. The Balaban J connectivity index is 1.48. The van der Waals surface area contributed by atoms with Gasteiger partial charge in [0.15, 0.2) is 5.78 Å². The van der Waals surface area contributed by atoms with Crippen molar-refractivity contribution in [3.05, 3.63) is 42.6 Å². The number of carbonyl (C=O) groups excluding carboxylic acids is 1. The Kier molecular flexibility index (Phi) is 5.19. The molecule has 0 radical (unpaired) electrons. The van der Waals surface area contributed by atoms with Gasteiger partial charge in [-0.05, 0) is 26.0 Å². The predicted molar refractivity (Wildman–Crippen MR) is 107 cm³/mol. The van der Waals surface area contributed by atoms with Gasteiger partial charge in [0.1, 0.15) is 0 Å². The number of ether oxygens (including phenoxy) is 1. The van der Waals surface area contributed by atoms with Crippen LogP contribution in [0.3, 0.4) is 0 Å². The summed E-state index contributed by atoms with van der Waals surface area (Å²) in [6, 6.07) is 4.03. The van der Waals surface area contributed by atoms with Crippen LogP contribution in [-0.2, 0) is 23.0 Å². The topological polar surface area (TPSA) is 73.1 Å². The van der Waals surface area contributed by atoms with Gasteiger partial charge in [-0.15, -0.1) is 0 Å². The number of aromatic nitrogens is 4. The lowest BCUT2D eigenvalue weighted by Gasteiger charge is -2.34. The number of aryl methyl sites for hydroxylation is 1. The molecule has 0 amide bonds. The molecule has 0 aliphatic carbocycles. The molecule has 3 aromatic rings. The van der Waals surface area contributed by atoms with E-state index in [1.54, 1.807) is 10.9 Å². The summed E-state index contributed by atoms with van der Waals surface area (Å²) in [4.78, 5) is 23.7. The Bertz CT molecular complexity index is 989. The molecule has 0 N–H and O–H groups in total. The lowest BCUT2D eigenvalue weighted by molar-refractivity contribution is -0.123. The van der Waals surface area contributed by atoms with E-state index in [4.69, 9.17) is 4.74 Å². The maximum absolute atomic E-state index is 12.6. The largest absolute Gasteiger partial charge is 0.373 e. The summed E-state index contributed by atoms with van der Waals surface area (Å²) < 4.78 is 7.50. The maximum atomic E-state index is 12.6. The molecular formula is C21H25N5O2. The fraction of sp³-hybridized carbons (Fsp3) is 0.429. The highest BCUT2D eigenvalue weighted by Gasteiger charge is 2.23. The second-order valence-electron chi connectivity index (χ2n) is 7.66. The van der Waals surface area contributed by atoms with E-state index in [0.29, 0.717) is 13.0 Å². The van der Waals surface area contributed by atoms with E-state index in [0.717, 1.165) is 40.8 Å². The third kappa shape index (κ3) is 4.26. The SMILES string of the molecule is C[C@@H]1CN(CC(=O)Cc2cc3cc(-c4cnn(C)c4)cnc3cn2)C[C@H](C)O1. The predicted octanol–water partition coefficient (Wildman–Crippen LogP) is 2.25. The molecule has 28 heavy (non-hydrogen) atoms. The van der Waals surface area contributed by atoms with Crippen molar-refractivity contribution in [2.75, 3.05) is 19.6 Å². The summed E-state index contributed by atoms with van der Waals surface area (Å²) >= 11 is 0. The van der Waals surface area contributed by atoms with Gasteiger partial charge in [0.05, 0.1) is 43.1 Å². The van der Waals surface area contributed by atoms with Crippen molar-refractivity contribution >= 4 is 16.7 Å². The number of carbonyl (C=O) groups is 1. The van der Waals surface area contributed by atoms with Gasteiger partial charge in [0.2, 0.25) is 0 Å². The molecule has 1 fully saturated rings. The van der Waals surface area contributed by atoms with E-state index in [1.807, 2.05) is 45.6 Å². The van der Waals surface area contributed by atoms with Crippen molar-refractivity contribution in [3.8, 4) is 11.1 Å². The van der Waals surface area contributed by atoms with Crippen LogP contribution in [0.2, 0.25) is 0 Å². The molecular weight excluding hydrogens is 354 g/mol. The minimum absolute atomic E-state index is 0.160. The Morgan fingerprint density at radius 3 is 2.61 bits per heavy atom. The van der Waals surface area contributed by atoms with Crippen LogP contribution in [0.1, 0.15) is 19.5 Å². The number of nitrogens with zero attached hydrogens (tertiary/aromatic N) is 5. The quantitative estimate of drug-likeness (QED) is 0.677. The summed E-state index contributed by atoms with van der Waals surface area (Å²) in [5.41, 5.74) is 3.61. The number of hydrogen-bond acceptors (Lipinski definition) is 6. The van der Waals surface area contributed by atoms with Gasteiger partial charge < -0.3 is 4.74 Å². The second-order valence-corrected chi connectivity index (χ2v) is 7.66. The molecule has 0 saturated carbocycles. The van der Waals surface area contributed by atoms with Crippen LogP contribution < -0.4 is 0 Å². The molecule has 4 heterocycles. The first-order chi connectivity index (χ1) is 13.5. The van der Waals surface area contributed by atoms with E-state index < -0.39 is 0 Å². The van der Waals surface area contributed by atoms with Gasteiger partial charge >= 0.3 is 0 Å². The number of morpholine rings is 1. The second kappa shape index (κ2) is 7.77. The summed E-state index contributed by atoms with van der Waals surface area (Å²) in [7, 11) is 1.89. The van der Waals surface area contributed by atoms with Gasteiger partial charge in [0, 0.05) is 54.7 Å². The Labute approximate surface area is 164 Å². The highest BCUT2D eigenvalue weighted by atomic mass is 16.5. The van der Waals surface area contributed by atoms with Crippen LogP contribution in [-0.4, -0.2) is 62.3 Å². The first kappa shape index (κ1) is 18.7. The monoisotopic (exact) mass is 379 g/mol. The number of hydrogen-bond donors (Lipinski definition) is 0. The van der Waals surface area contributed by atoms with Crippen molar-refractivity contribution in [2.45, 2.75) is 32.5 Å². The van der Waals surface area contributed by atoms with Crippen molar-refractivity contribution in [3.63, 3.8) is 0 Å². The van der Waals surface area contributed by atoms with Crippen LogP contribution >= 0.6 is 0 Å². The maximum Gasteiger partial charge on any atom is 0.152 e. The minimum Gasteiger partial charge on any atom is -0.373 e. The number of Topliss-reactive ketones (excluding diaryl/α,β-unsaturated/α-hetero) is 1. The van der Waals surface area contributed by atoms with Crippen LogP contribution in [0, 0.1) is 0 Å². The number of fused-ring (bicyclic) bond motifs is 1. The van der Waals surface area contributed by atoms with E-state index in [-0.39, 0.29) is 18.0 Å². The standard InChI is InChI=1S/C21H25N5O2/c1-14-10-26(11-15(2)28-14)13-20(27)6-19-5-16-4-17(7-23-21(16)9-22-19)18-8-24-25(3)12-18/h4-5,7-9,12,14-15H,6,10-11,13H2,1-3H3/t14-,15+. The van der Waals surface area contributed by atoms with Crippen molar-refractivity contribution < 1.29 is 9.53 Å². The van der Waals surface area contributed by atoms with Gasteiger partial charge in [-0.1, -0.05) is 0 Å². The van der Waals surface area contributed by atoms with Crippen LogP contribution in [0.5, 0.6) is 0 Å². The molecule has 7 heteroatoms. The third-order valence-corrected chi connectivity index (χ3v) is 4.94. The molecule has 1 saturated heterocycles. The zero-order valence-corrected chi connectivity index (χ0v) is 16.5. The molecule has 0 unspecified atom stereocenters. The molecule has 1 aliphatic heterocycles. The van der Waals surface area contributed by atoms with E-state index in [2.05, 4.69) is 26.0 Å². The van der Waals surface area contributed by atoms with Gasteiger partial charge in [-0.2, -0.15) is 5.10 Å². The zero-order chi connectivity index (χ0) is 19.7. The highest BCUT2D eigenvalue weighted by molar-refractivity contribution is 5.86. The smallest absolute Gasteiger partial charge is 0.152 e. The Morgan fingerprint density at radius 2 is 1.89 bits per heavy atom. The number of pyridine rings is 2. The number of rotatable bonds is 5. The molecule has 3 aromatic heterocycles. The summed E-state index contributed by atoms with van der Waals surface area (Å²) in [5.74, 6) is 0.171. The lowest BCUT2D eigenvalue weighted by atomic mass is 10.1. The van der Waals surface area contributed by atoms with Crippen molar-refractivity contribution in [1.29, 1.82) is 0 Å². The summed E-state index contributed by atoms with van der Waals surface area (Å²) in [6.07, 6.45) is 7.99. The summed E-state index contributed by atoms with van der Waals surface area (Å²) in [5, 5.41) is 5.19. The van der Waals surface area contributed by atoms with Gasteiger partial charge in [0.25, 0.3) is 0 Å². The first-order valence-electron chi connectivity index (χ1n) is 9.59. The fourth-order valence-corrected chi connectivity index (χ4v) is 3.82. The molecule has 2 atom stereocenters. The average molecular weight is 379 g/mol. The average Bonchev–Trinajstić information content (AvgIpc) is 3.06. The van der Waals surface area contributed by atoms with Gasteiger partial charge in [-0.25, -0.2) is 0 Å². The van der Waals surface area contributed by atoms with E-state index in [9.17, 15) is 4.79 Å². The molecule has 0 aromatic carbocycles. The molecule has 1 aliphatic rings. The Hall–Kier alpha value is -2.64. The zero-order valence-electron chi connectivity index (χ0n) is 16.5.